The van der Waals surface area contributed by atoms with E-state index in [2.05, 4.69) is 5.10 Å². The summed E-state index contributed by atoms with van der Waals surface area (Å²) in [6.45, 7) is 4.02. The lowest BCUT2D eigenvalue weighted by Crippen LogP contribution is -2.37. The van der Waals surface area contributed by atoms with Crippen LogP contribution in [0.15, 0.2) is 12.4 Å². The summed E-state index contributed by atoms with van der Waals surface area (Å²) in [5.41, 5.74) is 5.79. The van der Waals surface area contributed by atoms with Gasteiger partial charge in [0, 0.05) is 6.54 Å². The van der Waals surface area contributed by atoms with Gasteiger partial charge in [-0.05, 0) is 6.92 Å². The lowest BCUT2D eigenvalue weighted by molar-refractivity contribution is 0.140. The van der Waals surface area contributed by atoms with Crippen molar-refractivity contribution in [2.75, 3.05) is 13.2 Å². The largest absolute Gasteiger partial charge is 0.483 e. The van der Waals surface area contributed by atoms with Crippen molar-refractivity contribution >= 4 is 24.8 Å². The smallest absolute Gasteiger partial charge is 0.157 e. The third-order valence-electron chi connectivity index (χ3n) is 2.29. The van der Waals surface area contributed by atoms with Crippen molar-refractivity contribution in [1.29, 1.82) is 0 Å². The first-order valence-electron chi connectivity index (χ1n) is 4.82. The first kappa shape index (κ1) is 15.5. The fraction of sp³-hybridized carbons (Fsp3) is 0.667. The fourth-order valence-electron chi connectivity index (χ4n) is 1.43. The van der Waals surface area contributed by atoms with E-state index in [-0.39, 0.29) is 37.0 Å². The second-order valence-electron chi connectivity index (χ2n) is 3.39. The lowest BCUT2D eigenvalue weighted by atomic mass is 10.2. The third kappa shape index (κ3) is 3.52. The molecule has 1 aromatic rings. The summed E-state index contributed by atoms with van der Waals surface area (Å²) in [6, 6.07) is -0.0278. The highest BCUT2D eigenvalue weighted by Crippen LogP contribution is 2.15. The van der Waals surface area contributed by atoms with Gasteiger partial charge in [-0.3, -0.25) is 4.68 Å². The Morgan fingerprint density at radius 2 is 2.31 bits per heavy atom. The van der Waals surface area contributed by atoms with Crippen LogP contribution >= 0.6 is 24.8 Å². The van der Waals surface area contributed by atoms with E-state index in [9.17, 15) is 0 Å². The number of aryl methyl sites for hydroxylation is 1. The zero-order valence-electron chi connectivity index (χ0n) is 9.04. The Morgan fingerprint density at radius 1 is 1.56 bits per heavy atom. The molecule has 0 unspecified atom stereocenters. The van der Waals surface area contributed by atoms with Crippen LogP contribution in [0.1, 0.15) is 6.92 Å². The van der Waals surface area contributed by atoms with Crippen LogP contribution in [0.25, 0.3) is 0 Å². The van der Waals surface area contributed by atoms with Crippen LogP contribution in [0.3, 0.4) is 0 Å². The molecule has 0 bridgehead atoms. The number of hydrogen-bond acceptors (Lipinski definition) is 4. The molecule has 1 saturated heterocycles. The maximum Gasteiger partial charge on any atom is 0.157 e. The predicted molar refractivity (Wildman–Crippen MR) is 65.6 cm³/mol. The van der Waals surface area contributed by atoms with E-state index in [4.69, 9.17) is 15.2 Å². The van der Waals surface area contributed by atoms with Crippen molar-refractivity contribution in [1.82, 2.24) is 9.78 Å². The van der Waals surface area contributed by atoms with Gasteiger partial charge in [-0.1, -0.05) is 0 Å². The van der Waals surface area contributed by atoms with Crippen molar-refractivity contribution in [3.05, 3.63) is 12.4 Å². The van der Waals surface area contributed by atoms with Crippen LogP contribution in [0.2, 0.25) is 0 Å². The Balaban J connectivity index is 0.00000112. The number of nitrogens with two attached hydrogens (primary N) is 1. The van der Waals surface area contributed by atoms with E-state index >= 15 is 0 Å². The SMILES string of the molecule is CCn1cc(O[C@H]2COC[C@H]2N)cn1.Cl.Cl. The molecule has 5 nitrogen and oxygen atoms in total. The molecule has 94 valence electrons. The molecule has 0 aliphatic carbocycles. The van der Waals surface area contributed by atoms with E-state index < -0.39 is 0 Å². The topological polar surface area (TPSA) is 62.3 Å². The van der Waals surface area contributed by atoms with Gasteiger partial charge in [0.15, 0.2) is 5.75 Å². The molecule has 1 fully saturated rings. The minimum atomic E-state index is -0.0375. The highest BCUT2D eigenvalue weighted by Gasteiger charge is 2.26. The molecule has 2 N–H and O–H groups in total. The average molecular weight is 270 g/mol. The van der Waals surface area contributed by atoms with Crippen molar-refractivity contribution in [2.24, 2.45) is 5.73 Å². The lowest BCUT2D eigenvalue weighted by Gasteiger charge is -2.13. The summed E-state index contributed by atoms with van der Waals surface area (Å²) in [5, 5.41) is 4.11. The van der Waals surface area contributed by atoms with Crippen LogP contribution < -0.4 is 10.5 Å². The van der Waals surface area contributed by atoms with Gasteiger partial charge in [0.25, 0.3) is 0 Å². The van der Waals surface area contributed by atoms with Crippen LogP contribution in [0.5, 0.6) is 5.75 Å². The van der Waals surface area contributed by atoms with E-state index in [1.54, 1.807) is 6.20 Å². The number of ether oxygens (including phenoxy) is 2. The molecule has 7 heteroatoms. The maximum atomic E-state index is 5.79. The van der Waals surface area contributed by atoms with Crippen molar-refractivity contribution < 1.29 is 9.47 Å². The van der Waals surface area contributed by atoms with Crippen LogP contribution in [-0.4, -0.2) is 35.1 Å². The van der Waals surface area contributed by atoms with E-state index in [0.717, 1.165) is 12.3 Å². The highest BCUT2D eigenvalue weighted by atomic mass is 35.5. The van der Waals surface area contributed by atoms with Gasteiger partial charge in [-0.25, -0.2) is 0 Å². The van der Waals surface area contributed by atoms with Gasteiger partial charge in [0.05, 0.1) is 31.6 Å². The van der Waals surface area contributed by atoms with E-state index in [1.807, 2.05) is 17.8 Å². The quantitative estimate of drug-likeness (QED) is 0.884. The Bertz CT molecular complexity index is 309. The summed E-state index contributed by atoms with van der Waals surface area (Å²) >= 11 is 0. The molecule has 0 saturated carbocycles. The molecule has 0 radical (unpaired) electrons. The minimum Gasteiger partial charge on any atom is -0.483 e. The molecule has 1 aliphatic heterocycles. The molecule has 0 spiro atoms. The summed E-state index contributed by atoms with van der Waals surface area (Å²) in [6.07, 6.45) is 3.53. The van der Waals surface area contributed by atoms with Crippen LogP contribution in [0.4, 0.5) is 0 Å². The van der Waals surface area contributed by atoms with Gasteiger partial charge in [0.1, 0.15) is 6.10 Å². The normalized spacial score (nSPS) is 23.4. The average Bonchev–Trinajstić information content (AvgIpc) is 2.77. The second-order valence-corrected chi connectivity index (χ2v) is 3.39. The summed E-state index contributed by atoms with van der Waals surface area (Å²) in [5.74, 6) is 0.762. The molecule has 0 amide bonds. The molecular weight excluding hydrogens is 253 g/mol. The Hall–Kier alpha value is -0.490. The van der Waals surface area contributed by atoms with E-state index in [1.165, 1.54) is 0 Å². The summed E-state index contributed by atoms with van der Waals surface area (Å²) < 4.78 is 12.7. The zero-order valence-corrected chi connectivity index (χ0v) is 10.7. The number of nitrogens with zero attached hydrogens (tertiary/aromatic N) is 2. The Labute approximate surface area is 107 Å². The fourth-order valence-corrected chi connectivity index (χ4v) is 1.43. The molecular formula is C9H17Cl2N3O2. The molecule has 0 aromatic carbocycles. The first-order chi connectivity index (χ1) is 6.79. The van der Waals surface area contributed by atoms with Crippen molar-refractivity contribution in [3.8, 4) is 5.75 Å². The van der Waals surface area contributed by atoms with Crippen molar-refractivity contribution in [2.45, 2.75) is 25.6 Å². The standard InChI is InChI=1S/C9H15N3O2.2ClH/c1-2-12-4-7(3-11-12)14-9-6-13-5-8(9)10;;/h3-4,8-9H,2,5-6,10H2,1H3;2*1H/t8-,9+;;/m1../s1. The molecule has 1 aromatic heterocycles. The van der Waals surface area contributed by atoms with Gasteiger partial charge in [0.2, 0.25) is 0 Å². The van der Waals surface area contributed by atoms with Crippen molar-refractivity contribution in [3.63, 3.8) is 0 Å². The number of rotatable bonds is 3. The van der Waals surface area contributed by atoms with Gasteiger partial charge in [-0.15, -0.1) is 24.8 Å². The maximum absolute atomic E-state index is 5.79. The highest BCUT2D eigenvalue weighted by molar-refractivity contribution is 5.85. The number of halogens is 2. The minimum absolute atomic E-state index is 0. The molecule has 2 atom stereocenters. The summed E-state index contributed by atoms with van der Waals surface area (Å²) in [7, 11) is 0. The zero-order chi connectivity index (χ0) is 9.97. The summed E-state index contributed by atoms with van der Waals surface area (Å²) in [4.78, 5) is 0. The second kappa shape index (κ2) is 6.96. The van der Waals surface area contributed by atoms with Crippen LogP contribution in [-0.2, 0) is 11.3 Å². The predicted octanol–water partition coefficient (Wildman–Crippen LogP) is 0.851. The third-order valence-corrected chi connectivity index (χ3v) is 2.29. The van der Waals surface area contributed by atoms with Gasteiger partial charge >= 0.3 is 0 Å². The van der Waals surface area contributed by atoms with Gasteiger partial charge in [-0.2, -0.15) is 5.10 Å². The monoisotopic (exact) mass is 269 g/mol. The van der Waals surface area contributed by atoms with Crippen LogP contribution in [0, 0.1) is 0 Å². The first-order valence-corrected chi connectivity index (χ1v) is 4.82. The van der Waals surface area contributed by atoms with E-state index in [0.29, 0.717) is 13.2 Å². The molecule has 2 heterocycles. The number of hydrogen-bond donors (Lipinski definition) is 1. The number of aromatic nitrogens is 2. The molecule has 16 heavy (non-hydrogen) atoms. The van der Waals surface area contributed by atoms with Gasteiger partial charge < -0.3 is 15.2 Å². The Morgan fingerprint density at radius 3 is 2.81 bits per heavy atom. The molecule has 2 rings (SSSR count). The Kier molecular flexibility index (Phi) is 6.74. The molecule has 1 aliphatic rings.